The Bertz CT molecular complexity index is 165. The molecule has 0 spiro atoms. The molecule has 1 rings (SSSR count). The predicted octanol–water partition coefficient (Wildman–Crippen LogP) is 6.52. The van der Waals surface area contributed by atoms with Crippen LogP contribution in [0.1, 0.15) is 60.5 Å². The molecule has 0 unspecified atom stereocenters. The lowest BCUT2D eigenvalue weighted by Crippen LogP contribution is -1.73. The van der Waals surface area contributed by atoms with Gasteiger partial charge < -0.3 is 0 Å². The van der Waals surface area contributed by atoms with Gasteiger partial charge in [-0.05, 0) is 12.0 Å². The standard InChI is InChI=1S/C8H10.C3H8.2C2H6.C2H4/c1-2-8-6-4-3-5-7-8;1-3-2;3*1-2/h3-7H,2H2,1H3;3H2,1-2H3;2*1-2H3;1-2H2. The molecule has 0 radical (unpaired) electrons. The van der Waals surface area contributed by atoms with Crippen molar-refractivity contribution < 1.29 is 0 Å². The fourth-order valence-electron chi connectivity index (χ4n) is 0.714. The molecule has 102 valence electrons. The summed E-state index contributed by atoms with van der Waals surface area (Å²) >= 11 is 0. The summed E-state index contributed by atoms with van der Waals surface area (Å²) < 4.78 is 0. The van der Waals surface area contributed by atoms with Crippen molar-refractivity contribution in [2.24, 2.45) is 0 Å². The molecule has 1 aromatic carbocycles. The van der Waals surface area contributed by atoms with Gasteiger partial charge in [0.15, 0.2) is 0 Å². The Kier molecular flexibility index (Phi) is 53.3. The van der Waals surface area contributed by atoms with E-state index in [1.165, 1.54) is 12.0 Å². The van der Waals surface area contributed by atoms with E-state index in [1.54, 1.807) is 0 Å². The number of hydrogen-bond donors (Lipinski definition) is 0. The largest absolute Gasteiger partial charge is 0.106 e. The van der Waals surface area contributed by atoms with E-state index in [1.807, 2.05) is 33.8 Å². The van der Waals surface area contributed by atoms with Gasteiger partial charge in [0.25, 0.3) is 0 Å². The zero-order chi connectivity index (χ0) is 14.5. The zero-order valence-corrected chi connectivity index (χ0v) is 13.2. The summed E-state index contributed by atoms with van der Waals surface area (Å²) in [5.41, 5.74) is 1.41. The fourth-order valence-corrected chi connectivity index (χ4v) is 0.714. The van der Waals surface area contributed by atoms with Crippen molar-refractivity contribution in [3.63, 3.8) is 0 Å². The molecular formula is C17H34. The second-order valence-corrected chi connectivity index (χ2v) is 2.55. The Morgan fingerprint density at radius 3 is 1.24 bits per heavy atom. The van der Waals surface area contributed by atoms with E-state index in [0.29, 0.717) is 0 Å². The SMILES string of the molecule is C=C.CC.CC.CCC.CCc1ccccc1. The highest BCUT2D eigenvalue weighted by Crippen LogP contribution is 1.96. The molecule has 0 nitrogen and oxygen atoms in total. The second kappa shape index (κ2) is 36.3. The average molecular weight is 238 g/mol. The van der Waals surface area contributed by atoms with E-state index >= 15 is 0 Å². The van der Waals surface area contributed by atoms with E-state index in [2.05, 4.69) is 58.2 Å². The topological polar surface area (TPSA) is 0 Å². The lowest BCUT2D eigenvalue weighted by atomic mass is 10.2. The third-order valence-electron chi connectivity index (χ3n) is 1.25. The molecule has 0 bridgehead atoms. The summed E-state index contributed by atoms with van der Waals surface area (Å²) in [6.07, 6.45) is 2.39. The van der Waals surface area contributed by atoms with Crippen molar-refractivity contribution in [1.82, 2.24) is 0 Å². The van der Waals surface area contributed by atoms with Crippen LogP contribution in [0.5, 0.6) is 0 Å². The highest BCUT2D eigenvalue weighted by molar-refractivity contribution is 5.13. The molecular weight excluding hydrogens is 204 g/mol. The number of rotatable bonds is 1. The molecule has 17 heavy (non-hydrogen) atoms. The fraction of sp³-hybridized carbons (Fsp3) is 0.529. The Labute approximate surface area is 111 Å². The lowest BCUT2D eigenvalue weighted by Gasteiger charge is -1.89. The number of aryl methyl sites for hydroxylation is 1. The van der Waals surface area contributed by atoms with Gasteiger partial charge in [0.05, 0.1) is 0 Å². The van der Waals surface area contributed by atoms with Gasteiger partial charge in [0.2, 0.25) is 0 Å². The van der Waals surface area contributed by atoms with Gasteiger partial charge in [-0.25, -0.2) is 0 Å². The number of hydrogen-bond acceptors (Lipinski definition) is 0. The maximum absolute atomic E-state index is 3.00. The molecule has 0 heteroatoms. The monoisotopic (exact) mass is 238 g/mol. The normalized spacial score (nSPS) is 6.29. The van der Waals surface area contributed by atoms with Crippen molar-refractivity contribution in [3.8, 4) is 0 Å². The van der Waals surface area contributed by atoms with Crippen LogP contribution in [0.3, 0.4) is 0 Å². The summed E-state index contributed by atoms with van der Waals surface area (Å²) in [5.74, 6) is 0. The summed E-state index contributed by atoms with van der Waals surface area (Å²) in [6, 6.07) is 10.5. The van der Waals surface area contributed by atoms with Gasteiger partial charge >= 0.3 is 0 Å². The molecule has 0 amide bonds. The first kappa shape index (κ1) is 25.0. The molecule has 0 saturated heterocycles. The van der Waals surface area contributed by atoms with Crippen LogP contribution in [0.4, 0.5) is 0 Å². The van der Waals surface area contributed by atoms with E-state index in [0.717, 1.165) is 6.42 Å². The van der Waals surface area contributed by atoms with Crippen LogP contribution in [0.15, 0.2) is 43.5 Å². The lowest BCUT2D eigenvalue weighted by molar-refractivity contribution is 1.09. The van der Waals surface area contributed by atoms with Crippen molar-refractivity contribution in [3.05, 3.63) is 49.1 Å². The highest BCUT2D eigenvalue weighted by Gasteiger charge is 1.79. The van der Waals surface area contributed by atoms with Gasteiger partial charge in [-0.1, -0.05) is 85.2 Å². The predicted molar refractivity (Wildman–Crippen MR) is 85.7 cm³/mol. The first-order valence-corrected chi connectivity index (χ1v) is 6.89. The van der Waals surface area contributed by atoms with Crippen LogP contribution in [0, 0.1) is 0 Å². The Morgan fingerprint density at radius 2 is 1.06 bits per heavy atom. The van der Waals surface area contributed by atoms with E-state index in [-0.39, 0.29) is 0 Å². The molecule has 0 heterocycles. The maximum atomic E-state index is 3.00. The Morgan fingerprint density at radius 1 is 0.765 bits per heavy atom. The first-order valence-electron chi connectivity index (χ1n) is 6.89. The van der Waals surface area contributed by atoms with Gasteiger partial charge in [-0.2, -0.15) is 0 Å². The summed E-state index contributed by atoms with van der Waals surface area (Å²) in [7, 11) is 0. The molecule has 0 N–H and O–H groups in total. The van der Waals surface area contributed by atoms with E-state index in [4.69, 9.17) is 0 Å². The van der Waals surface area contributed by atoms with Crippen LogP contribution in [0.2, 0.25) is 0 Å². The molecule has 0 atom stereocenters. The first-order chi connectivity index (χ1) is 8.35. The third-order valence-corrected chi connectivity index (χ3v) is 1.25. The smallest absolute Gasteiger partial charge is 0.0307 e. The Balaban J connectivity index is -0.0000000801. The van der Waals surface area contributed by atoms with Crippen molar-refractivity contribution in [2.45, 2.75) is 61.3 Å². The zero-order valence-electron chi connectivity index (χ0n) is 13.2. The van der Waals surface area contributed by atoms with Crippen LogP contribution < -0.4 is 0 Å². The summed E-state index contributed by atoms with van der Waals surface area (Å²) in [5, 5.41) is 0. The summed E-state index contributed by atoms with van der Waals surface area (Å²) in [6.45, 7) is 20.4. The minimum absolute atomic E-state index is 1.14. The summed E-state index contributed by atoms with van der Waals surface area (Å²) in [4.78, 5) is 0. The maximum Gasteiger partial charge on any atom is -0.0307 e. The molecule has 0 saturated carbocycles. The second-order valence-electron chi connectivity index (χ2n) is 2.55. The van der Waals surface area contributed by atoms with E-state index < -0.39 is 0 Å². The molecule has 0 aliphatic rings. The van der Waals surface area contributed by atoms with Gasteiger partial charge in [-0.3, -0.25) is 0 Å². The molecule has 0 fully saturated rings. The van der Waals surface area contributed by atoms with Crippen molar-refractivity contribution in [1.29, 1.82) is 0 Å². The van der Waals surface area contributed by atoms with Crippen LogP contribution in [-0.4, -0.2) is 0 Å². The van der Waals surface area contributed by atoms with Crippen LogP contribution in [0.25, 0.3) is 0 Å². The van der Waals surface area contributed by atoms with Gasteiger partial charge in [0, 0.05) is 0 Å². The van der Waals surface area contributed by atoms with Crippen molar-refractivity contribution in [2.75, 3.05) is 0 Å². The highest BCUT2D eigenvalue weighted by atomic mass is 13.9. The van der Waals surface area contributed by atoms with Crippen molar-refractivity contribution >= 4 is 0 Å². The number of benzene rings is 1. The molecule has 0 aromatic heterocycles. The molecule has 0 aliphatic heterocycles. The van der Waals surface area contributed by atoms with Crippen LogP contribution >= 0.6 is 0 Å². The molecule has 0 aliphatic carbocycles. The Hall–Kier alpha value is -1.04. The molecule has 1 aromatic rings. The van der Waals surface area contributed by atoms with Gasteiger partial charge in [0.1, 0.15) is 0 Å². The van der Waals surface area contributed by atoms with Gasteiger partial charge in [-0.15, -0.1) is 13.2 Å². The average Bonchev–Trinajstić information content (AvgIpc) is 2.47. The minimum atomic E-state index is 1.14. The third kappa shape index (κ3) is 31.3. The minimum Gasteiger partial charge on any atom is -0.106 e. The van der Waals surface area contributed by atoms with E-state index in [9.17, 15) is 0 Å². The van der Waals surface area contributed by atoms with Crippen LogP contribution in [-0.2, 0) is 6.42 Å². The quantitative estimate of drug-likeness (QED) is 0.488.